The van der Waals surface area contributed by atoms with Crippen LogP contribution in [0.4, 0.5) is 0 Å². The van der Waals surface area contributed by atoms with Crippen molar-refractivity contribution < 1.29 is 19.4 Å². The van der Waals surface area contributed by atoms with E-state index in [9.17, 15) is 9.90 Å². The molecule has 0 spiro atoms. The fraction of sp³-hybridized carbons (Fsp3) is 0.519. The van der Waals surface area contributed by atoms with E-state index in [2.05, 4.69) is 30.9 Å². The Hall–Kier alpha value is -2.51. The maximum absolute atomic E-state index is 12.1. The second-order valence-corrected chi connectivity index (χ2v) is 9.68. The lowest BCUT2D eigenvalue weighted by Gasteiger charge is -2.52. The molecule has 0 radical (unpaired) electrons. The molecule has 3 fully saturated rings. The lowest BCUT2D eigenvalue weighted by molar-refractivity contribution is -0.119. The molecule has 1 aromatic carbocycles. The van der Waals surface area contributed by atoms with Crippen molar-refractivity contribution in [1.29, 1.82) is 0 Å². The highest BCUT2D eigenvalue weighted by molar-refractivity contribution is 5.84. The molecule has 162 valence electrons. The van der Waals surface area contributed by atoms with E-state index >= 15 is 0 Å². The van der Waals surface area contributed by atoms with Crippen LogP contribution < -0.4 is 4.74 Å². The summed E-state index contributed by atoms with van der Waals surface area (Å²) in [5.41, 5.74) is 3.51. The number of fused-ring (bicyclic) bond motifs is 4. The van der Waals surface area contributed by atoms with Crippen molar-refractivity contribution >= 4 is 5.78 Å². The first-order valence-corrected chi connectivity index (χ1v) is 11.3. The number of rotatable bonds is 2. The molecule has 1 heterocycles. The Morgan fingerprint density at radius 1 is 1.23 bits per heavy atom. The van der Waals surface area contributed by atoms with Crippen LogP contribution in [0.25, 0.3) is 0 Å². The number of methoxy groups -OCH3 is 1. The van der Waals surface area contributed by atoms with Crippen LogP contribution in [0.5, 0.6) is 5.75 Å². The van der Waals surface area contributed by atoms with Gasteiger partial charge >= 0.3 is 0 Å². The molecule has 31 heavy (non-hydrogen) atoms. The molecule has 0 aromatic heterocycles. The molecule has 3 saturated carbocycles. The van der Waals surface area contributed by atoms with Crippen LogP contribution in [-0.4, -0.2) is 29.7 Å². The molecular formula is C27H30O4. The Bertz CT molecular complexity index is 1040. The largest absolute Gasteiger partial charge is 0.497 e. The maximum Gasteiger partial charge on any atom is 0.137 e. The minimum Gasteiger partial charge on any atom is -0.497 e. The molecule has 0 amide bonds. The second kappa shape index (κ2) is 7.28. The number of Topliss-reactive ketones (excluding diaryl/α,β-unsaturated/α-hetero) is 1. The molecular weight excluding hydrogens is 388 g/mol. The predicted octanol–water partition coefficient (Wildman–Crippen LogP) is 4.69. The Labute approximate surface area is 184 Å². The number of allylic oxidation sites excluding steroid dienone is 2. The molecule has 4 aliphatic rings. The van der Waals surface area contributed by atoms with E-state index in [4.69, 9.17) is 9.47 Å². The van der Waals surface area contributed by atoms with E-state index in [0.29, 0.717) is 19.3 Å². The highest BCUT2D eigenvalue weighted by Crippen LogP contribution is 2.64. The number of benzene rings is 1. The van der Waals surface area contributed by atoms with Crippen molar-refractivity contribution in [2.75, 3.05) is 7.11 Å². The fourth-order valence-corrected chi connectivity index (χ4v) is 6.56. The summed E-state index contributed by atoms with van der Waals surface area (Å²) >= 11 is 0. The fourth-order valence-electron chi connectivity index (χ4n) is 6.56. The van der Waals surface area contributed by atoms with Crippen LogP contribution in [-0.2, 0) is 9.53 Å². The van der Waals surface area contributed by atoms with Gasteiger partial charge in [-0.2, -0.15) is 0 Å². The summed E-state index contributed by atoms with van der Waals surface area (Å²) in [5.74, 6) is 7.58. The van der Waals surface area contributed by atoms with E-state index in [0.717, 1.165) is 30.6 Å². The van der Waals surface area contributed by atoms with Gasteiger partial charge in [-0.3, -0.25) is 4.79 Å². The molecule has 1 aliphatic heterocycles. The lowest BCUT2D eigenvalue weighted by atomic mass is 9.55. The predicted molar refractivity (Wildman–Crippen MR) is 118 cm³/mol. The van der Waals surface area contributed by atoms with Crippen molar-refractivity contribution in [3.63, 3.8) is 0 Å². The first kappa shape index (κ1) is 20.4. The third kappa shape index (κ3) is 2.97. The summed E-state index contributed by atoms with van der Waals surface area (Å²) in [4.78, 5) is 12.1. The molecule has 5 rings (SSSR count). The summed E-state index contributed by atoms with van der Waals surface area (Å²) in [5, 5.41) is 11.6. The van der Waals surface area contributed by atoms with Gasteiger partial charge in [-0.25, -0.2) is 0 Å². The normalized spacial score (nSPS) is 36.3. The summed E-state index contributed by atoms with van der Waals surface area (Å²) in [6, 6.07) is 8.26. The Balaban J connectivity index is 1.66. The summed E-state index contributed by atoms with van der Waals surface area (Å²) in [7, 11) is 1.68. The smallest absolute Gasteiger partial charge is 0.137 e. The van der Waals surface area contributed by atoms with Crippen LogP contribution in [0.1, 0.15) is 63.9 Å². The van der Waals surface area contributed by atoms with Crippen molar-refractivity contribution in [3.8, 4) is 17.6 Å². The zero-order valence-electron chi connectivity index (χ0n) is 18.5. The minimum atomic E-state index is -1.01. The highest BCUT2D eigenvalue weighted by Gasteiger charge is 2.63. The number of ketones is 1. The quantitative estimate of drug-likeness (QED) is 0.708. The van der Waals surface area contributed by atoms with Gasteiger partial charge in [0.05, 0.1) is 13.4 Å². The lowest BCUT2D eigenvalue weighted by Crippen LogP contribution is -2.53. The Morgan fingerprint density at radius 3 is 2.71 bits per heavy atom. The van der Waals surface area contributed by atoms with Crippen LogP contribution in [0.3, 0.4) is 0 Å². The Morgan fingerprint density at radius 2 is 2.00 bits per heavy atom. The van der Waals surface area contributed by atoms with Gasteiger partial charge in [-0.05, 0) is 67.0 Å². The SMILES string of the molecule is CC#C[C@]1(O)CC[C@H]2[C@@H]3OC=C4CC(=O)CCC4=C3C(c3ccc(OC)cc3)C[C@@]21C. The summed E-state index contributed by atoms with van der Waals surface area (Å²) in [6.45, 7) is 4.00. The third-order valence-electron chi connectivity index (χ3n) is 8.24. The van der Waals surface area contributed by atoms with Crippen LogP contribution in [0.2, 0.25) is 0 Å². The van der Waals surface area contributed by atoms with E-state index in [-0.39, 0.29) is 29.1 Å². The first-order valence-electron chi connectivity index (χ1n) is 11.3. The molecule has 1 N–H and O–H groups in total. The van der Waals surface area contributed by atoms with Gasteiger partial charge in [0.1, 0.15) is 23.2 Å². The second-order valence-electron chi connectivity index (χ2n) is 9.68. The van der Waals surface area contributed by atoms with Crippen molar-refractivity contribution in [2.45, 2.75) is 70.0 Å². The molecule has 1 unspecified atom stereocenters. The molecule has 4 nitrogen and oxygen atoms in total. The number of hydrogen-bond acceptors (Lipinski definition) is 4. The van der Waals surface area contributed by atoms with Gasteiger partial charge in [0, 0.05) is 30.1 Å². The van der Waals surface area contributed by atoms with Crippen molar-refractivity contribution in [1.82, 2.24) is 0 Å². The van der Waals surface area contributed by atoms with E-state index in [1.54, 1.807) is 14.0 Å². The summed E-state index contributed by atoms with van der Waals surface area (Å²) < 4.78 is 11.8. The average Bonchev–Trinajstić information content (AvgIpc) is 3.03. The van der Waals surface area contributed by atoms with Gasteiger partial charge < -0.3 is 14.6 Å². The van der Waals surface area contributed by atoms with Crippen molar-refractivity contribution in [3.05, 3.63) is 52.8 Å². The van der Waals surface area contributed by atoms with Gasteiger partial charge in [0.15, 0.2) is 0 Å². The van der Waals surface area contributed by atoms with E-state index < -0.39 is 5.60 Å². The van der Waals surface area contributed by atoms with Gasteiger partial charge in [-0.15, -0.1) is 5.92 Å². The topological polar surface area (TPSA) is 55.8 Å². The monoisotopic (exact) mass is 418 g/mol. The Kier molecular flexibility index (Phi) is 4.79. The molecule has 4 heteroatoms. The summed E-state index contributed by atoms with van der Waals surface area (Å²) in [6.07, 6.45) is 5.98. The van der Waals surface area contributed by atoms with Crippen LogP contribution in [0, 0.1) is 23.2 Å². The standard InChI is InChI=1S/C27H30O4/c1-4-12-27(29)13-11-23-25-24(21-10-7-19(28)14-18(21)16-31-25)22(15-26(23,27)2)17-5-8-20(30-3)9-6-17/h5-6,8-9,16,22-23,25,29H,7,10-11,13-15H2,1-3H3/t22?,23-,25-,26-,27-/m0/s1. The van der Waals surface area contributed by atoms with Crippen LogP contribution >= 0.6 is 0 Å². The zero-order chi connectivity index (χ0) is 21.8. The number of hydrogen-bond donors (Lipinski definition) is 1. The van der Waals surface area contributed by atoms with E-state index in [1.807, 2.05) is 18.4 Å². The maximum atomic E-state index is 12.1. The van der Waals surface area contributed by atoms with Crippen molar-refractivity contribution in [2.24, 2.45) is 11.3 Å². The molecule has 0 bridgehead atoms. The number of carbonyl (C=O) groups is 1. The van der Waals surface area contributed by atoms with Gasteiger partial charge in [0.25, 0.3) is 0 Å². The van der Waals surface area contributed by atoms with Gasteiger partial charge in [0.2, 0.25) is 0 Å². The average molecular weight is 419 g/mol. The molecule has 0 saturated heterocycles. The first-order chi connectivity index (χ1) is 14.9. The number of carbonyl (C=O) groups excluding carboxylic acids is 1. The highest BCUT2D eigenvalue weighted by atomic mass is 16.5. The number of ether oxygens (including phenoxy) is 2. The van der Waals surface area contributed by atoms with E-state index in [1.165, 1.54) is 16.7 Å². The number of aliphatic hydroxyl groups is 1. The van der Waals surface area contributed by atoms with Crippen LogP contribution in [0.15, 0.2) is 47.2 Å². The van der Waals surface area contributed by atoms with Gasteiger partial charge in [-0.1, -0.05) is 25.0 Å². The molecule has 3 aliphatic carbocycles. The molecule has 1 aromatic rings. The minimum absolute atomic E-state index is 0.0783. The zero-order valence-corrected chi connectivity index (χ0v) is 18.5. The molecule has 5 atom stereocenters. The third-order valence-corrected chi connectivity index (χ3v) is 8.24.